The molecule has 18 heavy (non-hydrogen) atoms. The molecule has 1 aliphatic heterocycles. The Morgan fingerprint density at radius 1 is 1.11 bits per heavy atom. The van der Waals surface area contributed by atoms with Gasteiger partial charge in [-0.15, -0.1) is 11.8 Å². The molecule has 0 saturated heterocycles. The van der Waals surface area contributed by atoms with Crippen molar-refractivity contribution < 1.29 is 4.79 Å². The van der Waals surface area contributed by atoms with Crippen LogP contribution in [0.2, 0.25) is 0 Å². The van der Waals surface area contributed by atoms with Crippen LogP contribution in [-0.4, -0.2) is 5.91 Å². The van der Waals surface area contributed by atoms with Gasteiger partial charge in [0.15, 0.2) is 0 Å². The lowest BCUT2D eigenvalue weighted by atomic mass is 10.1. The molecular formula is C14H10BrNOS. The molecule has 1 unspecified atom stereocenters. The van der Waals surface area contributed by atoms with Crippen LogP contribution in [0, 0.1) is 0 Å². The Morgan fingerprint density at radius 3 is 2.67 bits per heavy atom. The fraction of sp³-hybridized carbons (Fsp3) is 0.0714. The summed E-state index contributed by atoms with van der Waals surface area (Å²) in [5, 5.41) is 2.78. The van der Waals surface area contributed by atoms with E-state index in [1.165, 1.54) is 0 Å². The lowest BCUT2D eigenvalue weighted by Gasteiger charge is -2.24. The lowest BCUT2D eigenvalue weighted by Crippen LogP contribution is -2.22. The molecule has 2 nitrogen and oxygen atoms in total. The van der Waals surface area contributed by atoms with Crippen LogP contribution in [0.4, 0.5) is 5.69 Å². The Balaban J connectivity index is 1.99. The van der Waals surface area contributed by atoms with Crippen LogP contribution in [0.15, 0.2) is 57.9 Å². The van der Waals surface area contributed by atoms with E-state index >= 15 is 0 Å². The molecule has 0 saturated carbocycles. The molecule has 0 aromatic heterocycles. The third-order valence-electron chi connectivity index (χ3n) is 2.79. The summed E-state index contributed by atoms with van der Waals surface area (Å²) in [6, 6.07) is 15.7. The normalized spacial score (nSPS) is 18.1. The number of amides is 1. The van der Waals surface area contributed by atoms with E-state index in [1.54, 1.807) is 11.8 Å². The first kappa shape index (κ1) is 11.8. The first-order valence-corrected chi connectivity index (χ1v) is 7.23. The molecule has 0 spiro atoms. The third-order valence-corrected chi connectivity index (χ3v) is 4.59. The van der Waals surface area contributed by atoms with Crippen LogP contribution in [0.3, 0.4) is 0 Å². The van der Waals surface area contributed by atoms with E-state index in [9.17, 15) is 4.79 Å². The average molecular weight is 320 g/mol. The van der Waals surface area contributed by atoms with E-state index in [4.69, 9.17) is 0 Å². The van der Waals surface area contributed by atoms with E-state index < -0.39 is 0 Å². The Morgan fingerprint density at radius 2 is 1.89 bits per heavy atom. The van der Waals surface area contributed by atoms with Gasteiger partial charge in [-0.05, 0) is 23.8 Å². The summed E-state index contributed by atoms with van der Waals surface area (Å²) < 4.78 is 1.02. The number of halogens is 1. The van der Waals surface area contributed by atoms with E-state index in [1.807, 2.05) is 48.5 Å². The van der Waals surface area contributed by atoms with Gasteiger partial charge in [-0.2, -0.15) is 0 Å². The smallest absolute Gasteiger partial charge is 0.242 e. The quantitative estimate of drug-likeness (QED) is 0.852. The number of fused-ring (bicyclic) bond motifs is 1. The first-order chi connectivity index (χ1) is 8.74. The lowest BCUT2D eigenvalue weighted by molar-refractivity contribution is -0.115. The molecule has 4 heteroatoms. The van der Waals surface area contributed by atoms with Gasteiger partial charge in [-0.25, -0.2) is 0 Å². The van der Waals surface area contributed by atoms with Crippen molar-refractivity contribution in [1.29, 1.82) is 0 Å². The van der Waals surface area contributed by atoms with E-state index in [0.717, 1.165) is 20.6 Å². The summed E-state index contributed by atoms with van der Waals surface area (Å²) in [5.41, 5.74) is 1.92. The van der Waals surface area contributed by atoms with Crippen LogP contribution in [0.5, 0.6) is 0 Å². The van der Waals surface area contributed by atoms with Crippen molar-refractivity contribution in [2.24, 2.45) is 0 Å². The minimum absolute atomic E-state index is 0.0426. The molecule has 1 atom stereocenters. The number of carbonyl (C=O) groups excluding carboxylic acids is 1. The highest BCUT2D eigenvalue weighted by Gasteiger charge is 2.28. The summed E-state index contributed by atoms with van der Waals surface area (Å²) in [7, 11) is 0. The van der Waals surface area contributed by atoms with Crippen LogP contribution in [0.1, 0.15) is 10.8 Å². The number of nitrogens with one attached hydrogen (secondary N) is 1. The van der Waals surface area contributed by atoms with Crippen LogP contribution in [-0.2, 0) is 4.79 Å². The molecule has 1 heterocycles. The van der Waals surface area contributed by atoms with E-state index in [-0.39, 0.29) is 11.2 Å². The van der Waals surface area contributed by atoms with Crippen molar-refractivity contribution in [3.63, 3.8) is 0 Å². The van der Waals surface area contributed by atoms with Crippen LogP contribution >= 0.6 is 27.7 Å². The Labute approximate surface area is 118 Å². The van der Waals surface area contributed by atoms with E-state index in [0.29, 0.717) is 0 Å². The van der Waals surface area contributed by atoms with Crippen molar-refractivity contribution in [2.75, 3.05) is 5.32 Å². The molecule has 1 aliphatic rings. The molecule has 90 valence electrons. The fourth-order valence-corrected chi connectivity index (χ4v) is 3.59. The second-order valence-electron chi connectivity index (χ2n) is 4.04. The standard InChI is InChI=1S/C14H10BrNOS/c15-10-6-7-11-12(8-10)18-13(14(17)16-11)9-4-2-1-3-5-9/h1-8,13H,(H,16,17). The van der Waals surface area contributed by atoms with Crippen molar-refractivity contribution >= 4 is 39.3 Å². The number of hydrogen-bond donors (Lipinski definition) is 1. The zero-order chi connectivity index (χ0) is 12.5. The van der Waals surface area contributed by atoms with Crippen molar-refractivity contribution in [3.8, 4) is 0 Å². The molecule has 2 aromatic rings. The molecule has 1 N–H and O–H groups in total. The van der Waals surface area contributed by atoms with Crippen LogP contribution < -0.4 is 5.32 Å². The number of rotatable bonds is 1. The predicted octanol–water partition coefficient (Wildman–Crippen LogP) is 4.23. The number of thioether (sulfide) groups is 1. The topological polar surface area (TPSA) is 29.1 Å². The van der Waals surface area contributed by atoms with Gasteiger partial charge in [0.05, 0.1) is 5.69 Å². The second kappa shape index (κ2) is 4.78. The maximum Gasteiger partial charge on any atom is 0.242 e. The zero-order valence-electron chi connectivity index (χ0n) is 9.39. The molecule has 0 aliphatic carbocycles. The Kier molecular flexibility index (Phi) is 3.14. The number of carbonyl (C=O) groups is 1. The van der Waals surface area contributed by atoms with Crippen LogP contribution in [0.25, 0.3) is 0 Å². The number of benzene rings is 2. The van der Waals surface area contributed by atoms with Crippen molar-refractivity contribution in [2.45, 2.75) is 10.1 Å². The summed E-state index contributed by atoms with van der Waals surface area (Å²) >= 11 is 5.05. The van der Waals surface area contributed by atoms with Gasteiger partial charge in [-0.3, -0.25) is 4.79 Å². The minimum Gasteiger partial charge on any atom is -0.324 e. The van der Waals surface area contributed by atoms with Gasteiger partial charge < -0.3 is 5.32 Å². The molecule has 0 radical (unpaired) electrons. The summed E-state index contributed by atoms with van der Waals surface area (Å²) in [6.07, 6.45) is 0. The molecule has 2 aromatic carbocycles. The molecular weight excluding hydrogens is 310 g/mol. The maximum absolute atomic E-state index is 12.1. The minimum atomic E-state index is -0.173. The fourth-order valence-electron chi connectivity index (χ4n) is 1.92. The van der Waals surface area contributed by atoms with Gasteiger partial charge >= 0.3 is 0 Å². The predicted molar refractivity (Wildman–Crippen MR) is 77.8 cm³/mol. The second-order valence-corrected chi connectivity index (χ2v) is 6.10. The van der Waals surface area contributed by atoms with Gasteiger partial charge in [0.1, 0.15) is 5.25 Å². The van der Waals surface area contributed by atoms with Gasteiger partial charge in [0.2, 0.25) is 5.91 Å². The highest BCUT2D eigenvalue weighted by atomic mass is 79.9. The largest absolute Gasteiger partial charge is 0.324 e. The number of hydrogen-bond acceptors (Lipinski definition) is 2. The maximum atomic E-state index is 12.1. The van der Waals surface area contributed by atoms with Gasteiger partial charge in [-0.1, -0.05) is 46.3 Å². The average Bonchev–Trinajstić information content (AvgIpc) is 2.39. The summed E-state index contributed by atoms with van der Waals surface area (Å²) in [5.74, 6) is 0.0426. The van der Waals surface area contributed by atoms with E-state index in [2.05, 4.69) is 21.2 Å². The summed E-state index contributed by atoms with van der Waals surface area (Å²) in [6.45, 7) is 0. The first-order valence-electron chi connectivity index (χ1n) is 5.56. The molecule has 0 bridgehead atoms. The monoisotopic (exact) mass is 319 g/mol. The zero-order valence-corrected chi connectivity index (χ0v) is 11.8. The van der Waals surface area contributed by atoms with Gasteiger partial charge in [0, 0.05) is 9.37 Å². The highest BCUT2D eigenvalue weighted by molar-refractivity contribution is 9.10. The van der Waals surface area contributed by atoms with Gasteiger partial charge in [0.25, 0.3) is 0 Å². The molecule has 0 fully saturated rings. The van der Waals surface area contributed by atoms with Crippen molar-refractivity contribution in [1.82, 2.24) is 0 Å². The number of anilines is 1. The summed E-state index contributed by atoms with van der Waals surface area (Å²) in [4.78, 5) is 13.2. The highest BCUT2D eigenvalue weighted by Crippen LogP contribution is 2.44. The SMILES string of the molecule is O=C1Nc2ccc(Br)cc2SC1c1ccccc1. The van der Waals surface area contributed by atoms with Crippen molar-refractivity contribution in [3.05, 3.63) is 58.6 Å². The Hall–Kier alpha value is -1.26. The Bertz CT molecular complexity index is 600. The molecule has 3 rings (SSSR count). The third kappa shape index (κ3) is 2.18. The molecule has 1 amide bonds.